The first-order chi connectivity index (χ1) is 5.84. The molecule has 0 amide bonds. The van der Waals surface area contributed by atoms with E-state index in [-0.39, 0.29) is 38.1 Å². The summed E-state index contributed by atoms with van der Waals surface area (Å²) >= 11 is 0. The molecular weight excluding hydrogens is 247 g/mol. The third-order valence-corrected chi connectivity index (χ3v) is 2.57. The summed E-state index contributed by atoms with van der Waals surface area (Å²) in [4.78, 5) is 4.28. The first-order valence-corrected chi connectivity index (χ1v) is 4.70. The Hall–Kier alpha value is 0.254. The van der Waals surface area contributed by atoms with Crippen molar-refractivity contribution in [3.8, 4) is 0 Å². The van der Waals surface area contributed by atoms with Gasteiger partial charge in [0.1, 0.15) is 0 Å². The molecule has 0 aromatic carbocycles. The maximum atomic E-state index is 4.28. The molecule has 0 saturated carbocycles. The van der Waals surface area contributed by atoms with E-state index in [1.807, 2.05) is 6.92 Å². The zero-order valence-corrected chi connectivity index (χ0v) is 12.9. The van der Waals surface area contributed by atoms with Gasteiger partial charge in [-0.05, 0) is 5.41 Å². The minimum absolute atomic E-state index is 0. The Morgan fingerprint density at radius 1 is 1.00 bits per heavy atom. The molecule has 0 spiro atoms. The molecule has 1 heterocycles. The van der Waals surface area contributed by atoms with Crippen LogP contribution in [0.1, 0.15) is 43.2 Å². The Morgan fingerprint density at radius 2 is 1.50 bits per heavy atom. The summed E-state index contributed by atoms with van der Waals surface area (Å²) in [7, 11) is 0. The van der Waals surface area contributed by atoms with E-state index in [0.717, 1.165) is 5.69 Å². The van der Waals surface area contributed by atoms with Crippen molar-refractivity contribution < 1.29 is 32.7 Å². The maximum Gasteiger partial charge on any atom is 0 e. The predicted octanol–water partition coefficient (Wildman–Crippen LogP) is 3.10. The fourth-order valence-electron chi connectivity index (χ4n) is 1.50. The smallest absolute Gasteiger partial charge is 0 e. The maximum absolute atomic E-state index is 4.28. The fraction of sp³-hybridized carbons (Fsp3) is 0.583. The molecule has 0 atom stereocenters. The van der Waals surface area contributed by atoms with Crippen molar-refractivity contribution in [2.45, 2.75) is 47.0 Å². The van der Waals surface area contributed by atoms with Crippen LogP contribution in [0, 0.1) is 27.0 Å². The summed E-state index contributed by atoms with van der Waals surface area (Å²) in [6.45, 7) is 12.9. The normalized spacial score (nSPS) is 11.0. The van der Waals surface area contributed by atoms with E-state index in [1.54, 1.807) is 0 Å². The Labute approximate surface area is 113 Å². The molecule has 1 rings (SSSR count). The number of aryl methyl sites for hydroxylation is 1. The van der Waals surface area contributed by atoms with Gasteiger partial charge in [-0.2, -0.15) is 0 Å². The molecule has 1 nitrogen and oxygen atoms in total. The van der Waals surface area contributed by atoms with Gasteiger partial charge < -0.3 is 4.98 Å². The molecule has 0 aliphatic rings. The molecule has 1 aromatic heterocycles. The second kappa shape index (κ2) is 4.85. The molecule has 0 N–H and O–H groups in total. The number of pyridine rings is 1. The van der Waals surface area contributed by atoms with Crippen LogP contribution < -0.4 is 0 Å². The predicted molar refractivity (Wildman–Crippen MR) is 56.0 cm³/mol. The second-order valence-corrected chi connectivity index (χ2v) is 4.68. The summed E-state index contributed by atoms with van der Waals surface area (Å²) in [5.41, 5.74) is 5.10. The van der Waals surface area contributed by atoms with Gasteiger partial charge in [-0.25, -0.2) is 0 Å². The van der Waals surface area contributed by atoms with Crippen LogP contribution in [0.4, 0.5) is 0 Å². The molecule has 1 aromatic rings. The van der Waals surface area contributed by atoms with E-state index in [9.17, 15) is 0 Å². The van der Waals surface area contributed by atoms with E-state index in [0.29, 0.717) is 0 Å². The van der Waals surface area contributed by atoms with E-state index in [4.69, 9.17) is 0 Å². The number of aromatic nitrogens is 1. The Balaban J connectivity index is 0.00000169. The van der Waals surface area contributed by atoms with Gasteiger partial charge in [0, 0.05) is 32.7 Å². The van der Waals surface area contributed by atoms with Gasteiger partial charge in [-0.15, -0.1) is 16.7 Å². The Kier molecular flexibility index (Phi) is 4.94. The van der Waals surface area contributed by atoms with Crippen LogP contribution in [0.3, 0.4) is 0 Å². The zero-order valence-electron chi connectivity index (χ0n) is 10.0. The van der Waals surface area contributed by atoms with E-state index >= 15 is 0 Å². The van der Waals surface area contributed by atoms with Crippen molar-refractivity contribution >= 4 is 0 Å². The van der Waals surface area contributed by atoms with Gasteiger partial charge in [0.05, 0.1) is 0 Å². The SMILES string of the molecule is Cc1n[c-]c(C(C)(C)C)c(C)c1C.[Y]. The summed E-state index contributed by atoms with van der Waals surface area (Å²) in [6.07, 6.45) is 3.14. The summed E-state index contributed by atoms with van der Waals surface area (Å²) in [5.74, 6) is 0. The van der Waals surface area contributed by atoms with Crippen molar-refractivity contribution in [2.75, 3.05) is 0 Å². The van der Waals surface area contributed by atoms with Crippen LogP contribution >= 0.6 is 0 Å². The number of rotatable bonds is 0. The Bertz CT molecular complexity index is 324. The number of nitrogens with zero attached hydrogens (tertiary/aromatic N) is 1. The van der Waals surface area contributed by atoms with Crippen LogP contribution in [0.2, 0.25) is 0 Å². The first kappa shape index (κ1) is 14.3. The molecule has 0 aliphatic heterocycles. The Morgan fingerprint density at radius 3 is 1.93 bits per heavy atom. The van der Waals surface area contributed by atoms with E-state index in [1.165, 1.54) is 16.7 Å². The van der Waals surface area contributed by atoms with E-state index < -0.39 is 0 Å². The van der Waals surface area contributed by atoms with Crippen LogP contribution in [0.15, 0.2) is 0 Å². The van der Waals surface area contributed by atoms with Gasteiger partial charge >= 0.3 is 0 Å². The van der Waals surface area contributed by atoms with Crippen LogP contribution in [-0.4, -0.2) is 4.98 Å². The average Bonchev–Trinajstić information content (AvgIpc) is 1.98. The van der Waals surface area contributed by atoms with Crippen molar-refractivity contribution in [2.24, 2.45) is 0 Å². The fourth-order valence-corrected chi connectivity index (χ4v) is 1.50. The average molecular weight is 265 g/mol. The number of hydrogen-bond acceptors (Lipinski definition) is 1. The minimum Gasteiger partial charge on any atom is -0.391 e. The molecule has 2 heteroatoms. The molecule has 0 saturated heterocycles. The molecule has 14 heavy (non-hydrogen) atoms. The molecule has 0 aliphatic carbocycles. The van der Waals surface area contributed by atoms with E-state index in [2.05, 4.69) is 45.8 Å². The van der Waals surface area contributed by atoms with Gasteiger partial charge in [-0.1, -0.05) is 53.4 Å². The van der Waals surface area contributed by atoms with Crippen LogP contribution in [0.25, 0.3) is 0 Å². The molecule has 0 unspecified atom stereocenters. The largest absolute Gasteiger partial charge is 0.391 e. The van der Waals surface area contributed by atoms with Gasteiger partial charge in [0.25, 0.3) is 0 Å². The minimum atomic E-state index is 0. The zero-order chi connectivity index (χ0) is 10.2. The monoisotopic (exact) mass is 265 g/mol. The third kappa shape index (κ3) is 2.87. The summed E-state index contributed by atoms with van der Waals surface area (Å²) < 4.78 is 0. The van der Waals surface area contributed by atoms with Crippen molar-refractivity contribution in [3.63, 3.8) is 0 Å². The van der Waals surface area contributed by atoms with Crippen molar-refractivity contribution in [1.29, 1.82) is 0 Å². The standard InChI is InChI=1S/C12H18N.Y/c1-8-9(2)11(12(4,5)6)7-13-10(8)3;/h1-6H3;/q-1;. The van der Waals surface area contributed by atoms with Gasteiger partial charge in [-0.3, -0.25) is 0 Å². The third-order valence-electron chi connectivity index (χ3n) is 2.57. The molecule has 75 valence electrons. The van der Waals surface area contributed by atoms with Crippen molar-refractivity contribution in [3.05, 3.63) is 28.6 Å². The molecular formula is C12H18NY-. The van der Waals surface area contributed by atoms with Crippen LogP contribution in [0.5, 0.6) is 0 Å². The van der Waals surface area contributed by atoms with Gasteiger partial charge in [0.15, 0.2) is 0 Å². The first-order valence-electron chi connectivity index (χ1n) is 4.70. The second-order valence-electron chi connectivity index (χ2n) is 4.68. The van der Waals surface area contributed by atoms with Gasteiger partial charge in [0.2, 0.25) is 0 Å². The number of hydrogen-bond donors (Lipinski definition) is 0. The summed E-state index contributed by atoms with van der Waals surface area (Å²) in [6, 6.07) is 0. The summed E-state index contributed by atoms with van der Waals surface area (Å²) in [5, 5.41) is 0. The van der Waals surface area contributed by atoms with Crippen LogP contribution in [-0.2, 0) is 38.1 Å². The quantitative estimate of drug-likeness (QED) is 0.657. The molecule has 0 fully saturated rings. The molecule has 1 radical (unpaired) electrons. The molecule has 0 bridgehead atoms. The van der Waals surface area contributed by atoms with Crippen molar-refractivity contribution in [1.82, 2.24) is 4.98 Å². The topological polar surface area (TPSA) is 12.9 Å².